The molecule has 1 atom stereocenters. The minimum Gasteiger partial charge on any atom is -0.497 e. The van der Waals surface area contributed by atoms with E-state index in [1.807, 2.05) is 36.4 Å². The Kier molecular flexibility index (Phi) is 10.2. The number of halogens is 1. The molecule has 0 fully saturated rings. The van der Waals surface area contributed by atoms with Gasteiger partial charge in [0.15, 0.2) is 0 Å². The van der Waals surface area contributed by atoms with E-state index < -0.39 is 28.5 Å². The molecular weight excluding hydrogens is 542 g/mol. The van der Waals surface area contributed by atoms with Gasteiger partial charge in [-0.2, -0.15) is 0 Å². The highest BCUT2D eigenvalue weighted by atomic mass is 35.5. The lowest BCUT2D eigenvalue weighted by atomic mass is 10.0. The lowest BCUT2D eigenvalue weighted by molar-refractivity contribution is -0.139. The summed E-state index contributed by atoms with van der Waals surface area (Å²) in [5.41, 5.74) is 1.75. The quantitative estimate of drug-likeness (QED) is 0.355. The van der Waals surface area contributed by atoms with E-state index in [2.05, 4.69) is 5.32 Å². The molecule has 3 aromatic carbocycles. The molecule has 9 nitrogen and oxygen atoms in total. The van der Waals surface area contributed by atoms with Crippen LogP contribution in [-0.4, -0.2) is 65.2 Å². The zero-order valence-electron chi connectivity index (χ0n) is 22.3. The molecule has 39 heavy (non-hydrogen) atoms. The molecule has 0 saturated carbocycles. The van der Waals surface area contributed by atoms with E-state index in [-0.39, 0.29) is 29.6 Å². The molecule has 0 aromatic heterocycles. The summed E-state index contributed by atoms with van der Waals surface area (Å²) in [6, 6.07) is 20.0. The van der Waals surface area contributed by atoms with Crippen LogP contribution in [0.5, 0.6) is 11.5 Å². The fraction of sp³-hybridized carbons (Fsp3) is 0.286. The van der Waals surface area contributed by atoms with Crippen LogP contribution >= 0.6 is 11.6 Å². The second-order valence-electron chi connectivity index (χ2n) is 8.78. The standard InChI is InChI=1S/C28H32ClN3O6S/c1-30-28(34)25(16-20-9-6-5-7-10-20)31(18-21-11-8-12-23(15-21)37-2)27(33)19-32(39(4,35)36)22-13-14-26(38-3)24(29)17-22/h5-15,17,25H,16,18-19H2,1-4H3,(H,30,34)/t25-/m0/s1. The molecule has 0 aliphatic heterocycles. The van der Waals surface area contributed by atoms with Crippen LogP contribution in [0.4, 0.5) is 5.69 Å². The molecule has 2 amide bonds. The van der Waals surface area contributed by atoms with Crippen molar-refractivity contribution < 1.29 is 27.5 Å². The van der Waals surface area contributed by atoms with Crippen molar-refractivity contribution in [2.24, 2.45) is 0 Å². The Morgan fingerprint density at radius 2 is 1.64 bits per heavy atom. The highest BCUT2D eigenvalue weighted by Gasteiger charge is 2.32. The lowest BCUT2D eigenvalue weighted by Gasteiger charge is -2.33. The van der Waals surface area contributed by atoms with Crippen molar-refractivity contribution in [2.75, 3.05) is 38.4 Å². The van der Waals surface area contributed by atoms with E-state index in [1.165, 1.54) is 44.4 Å². The highest BCUT2D eigenvalue weighted by Crippen LogP contribution is 2.30. The van der Waals surface area contributed by atoms with Crippen molar-refractivity contribution in [2.45, 2.75) is 19.0 Å². The van der Waals surface area contributed by atoms with Crippen molar-refractivity contribution in [1.29, 1.82) is 0 Å². The molecule has 3 aromatic rings. The van der Waals surface area contributed by atoms with E-state index in [0.29, 0.717) is 17.1 Å². The normalized spacial score (nSPS) is 11.8. The fourth-order valence-corrected chi connectivity index (χ4v) is 5.21. The average molecular weight is 574 g/mol. The maximum atomic E-state index is 13.9. The largest absolute Gasteiger partial charge is 0.497 e. The van der Waals surface area contributed by atoms with Gasteiger partial charge in [-0.3, -0.25) is 13.9 Å². The summed E-state index contributed by atoms with van der Waals surface area (Å²) >= 11 is 6.25. The first-order valence-electron chi connectivity index (χ1n) is 12.1. The number of hydrogen-bond donors (Lipinski definition) is 1. The smallest absolute Gasteiger partial charge is 0.244 e. The maximum Gasteiger partial charge on any atom is 0.244 e. The number of hydrogen-bond acceptors (Lipinski definition) is 6. The number of amides is 2. The first-order chi connectivity index (χ1) is 18.6. The molecular formula is C28H32ClN3O6S. The lowest BCUT2D eigenvalue weighted by Crippen LogP contribution is -2.52. The van der Waals surface area contributed by atoms with Gasteiger partial charge in [0.2, 0.25) is 21.8 Å². The summed E-state index contributed by atoms with van der Waals surface area (Å²) in [6.07, 6.45) is 1.23. The predicted molar refractivity (Wildman–Crippen MR) is 152 cm³/mol. The van der Waals surface area contributed by atoms with Crippen molar-refractivity contribution in [3.63, 3.8) is 0 Å². The Labute approximate surface area is 234 Å². The maximum absolute atomic E-state index is 13.9. The van der Waals surface area contributed by atoms with Crippen LogP contribution in [0.3, 0.4) is 0 Å². The van der Waals surface area contributed by atoms with Crippen LogP contribution in [0.25, 0.3) is 0 Å². The summed E-state index contributed by atoms with van der Waals surface area (Å²) in [5.74, 6) is 0.000638. The zero-order valence-corrected chi connectivity index (χ0v) is 23.8. The Balaban J connectivity index is 2.04. The molecule has 11 heteroatoms. The van der Waals surface area contributed by atoms with Crippen molar-refractivity contribution in [3.8, 4) is 11.5 Å². The number of methoxy groups -OCH3 is 2. The van der Waals surface area contributed by atoms with Gasteiger partial charge in [0.1, 0.15) is 24.1 Å². The number of benzene rings is 3. The number of anilines is 1. The molecule has 208 valence electrons. The molecule has 1 N–H and O–H groups in total. The second kappa shape index (κ2) is 13.3. The Morgan fingerprint density at radius 3 is 2.23 bits per heavy atom. The summed E-state index contributed by atoms with van der Waals surface area (Å²) < 4.78 is 37.1. The Hall–Kier alpha value is -3.76. The van der Waals surface area contributed by atoms with Gasteiger partial charge >= 0.3 is 0 Å². The first-order valence-corrected chi connectivity index (χ1v) is 14.3. The molecule has 0 aliphatic rings. The van der Waals surface area contributed by atoms with Gasteiger partial charge in [-0.25, -0.2) is 8.42 Å². The Morgan fingerprint density at radius 1 is 0.949 bits per heavy atom. The topological polar surface area (TPSA) is 105 Å². The highest BCUT2D eigenvalue weighted by molar-refractivity contribution is 7.92. The average Bonchev–Trinajstić information content (AvgIpc) is 2.93. The Bertz CT molecular complexity index is 1400. The number of rotatable bonds is 12. The number of carbonyl (C=O) groups excluding carboxylic acids is 2. The molecule has 0 aliphatic carbocycles. The molecule has 0 bridgehead atoms. The number of sulfonamides is 1. The number of ether oxygens (including phenoxy) is 2. The van der Waals surface area contributed by atoms with Gasteiger partial charge in [0, 0.05) is 20.0 Å². The van der Waals surface area contributed by atoms with Gasteiger partial charge in [0.25, 0.3) is 0 Å². The first kappa shape index (κ1) is 29.8. The van der Waals surface area contributed by atoms with Crippen LogP contribution in [0, 0.1) is 0 Å². The van der Waals surface area contributed by atoms with E-state index in [0.717, 1.165) is 16.1 Å². The third-order valence-corrected chi connectivity index (χ3v) is 7.54. The summed E-state index contributed by atoms with van der Waals surface area (Å²) in [4.78, 5) is 28.5. The van der Waals surface area contributed by atoms with Crippen molar-refractivity contribution in [1.82, 2.24) is 10.2 Å². The monoisotopic (exact) mass is 573 g/mol. The van der Waals surface area contributed by atoms with Crippen LogP contribution < -0.4 is 19.1 Å². The van der Waals surface area contributed by atoms with E-state index >= 15 is 0 Å². The zero-order chi connectivity index (χ0) is 28.6. The third kappa shape index (κ3) is 7.87. The number of likely N-dealkylation sites (N-methyl/N-ethyl adjacent to an activating group) is 1. The van der Waals surface area contributed by atoms with Crippen molar-refractivity contribution >= 4 is 39.1 Å². The molecule has 3 rings (SSSR count). The van der Waals surface area contributed by atoms with Crippen LogP contribution in [0.1, 0.15) is 11.1 Å². The minimum absolute atomic E-state index is 0.0436. The van der Waals surface area contributed by atoms with Crippen LogP contribution in [-0.2, 0) is 32.6 Å². The molecule has 0 heterocycles. The molecule has 0 radical (unpaired) electrons. The summed E-state index contributed by atoms with van der Waals surface area (Å²) in [7, 11) is 0.567. The molecule has 0 spiro atoms. The second-order valence-corrected chi connectivity index (χ2v) is 11.1. The van der Waals surface area contributed by atoms with Gasteiger partial charge in [0.05, 0.1) is 31.2 Å². The van der Waals surface area contributed by atoms with Gasteiger partial charge in [-0.1, -0.05) is 54.1 Å². The SMILES string of the molecule is CNC(=O)[C@H](Cc1ccccc1)N(Cc1cccc(OC)c1)C(=O)CN(c1ccc(OC)c(Cl)c1)S(C)(=O)=O. The molecule has 0 saturated heterocycles. The van der Waals surface area contributed by atoms with E-state index in [1.54, 1.807) is 18.2 Å². The van der Waals surface area contributed by atoms with Gasteiger partial charge in [-0.15, -0.1) is 0 Å². The number of carbonyl (C=O) groups is 2. The predicted octanol–water partition coefficient (Wildman–Crippen LogP) is 3.51. The number of nitrogens with zero attached hydrogens (tertiary/aromatic N) is 2. The van der Waals surface area contributed by atoms with E-state index in [9.17, 15) is 18.0 Å². The fourth-order valence-electron chi connectivity index (χ4n) is 4.11. The van der Waals surface area contributed by atoms with Crippen LogP contribution in [0.15, 0.2) is 72.8 Å². The summed E-state index contributed by atoms with van der Waals surface area (Å²) in [6.45, 7) is -0.504. The minimum atomic E-state index is -3.91. The van der Waals surface area contributed by atoms with Crippen molar-refractivity contribution in [3.05, 3.63) is 88.9 Å². The summed E-state index contributed by atoms with van der Waals surface area (Å²) in [5, 5.41) is 2.84. The number of nitrogens with one attached hydrogen (secondary N) is 1. The van der Waals surface area contributed by atoms with Crippen LogP contribution in [0.2, 0.25) is 5.02 Å². The van der Waals surface area contributed by atoms with E-state index in [4.69, 9.17) is 21.1 Å². The van der Waals surface area contributed by atoms with Gasteiger partial charge < -0.3 is 19.7 Å². The molecule has 0 unspecified atom stereocenters. The van der Waals surface area contributed by atoms with Gasteiger partial charge in [-0.05, 0) is 41.5 Å². The third-order valence-electron chi connectivity index (χ3n) is 6.11.